The molecule has 0 N–H and O–H groups in total. The molecule has 94 valence electrons. The quantitative estimate of drug-likeness (QED) is 0.568. The molecule has 0 aliphatic heterocycles. The molecule has 0 aliphatic rings. The molecule has 0 saturated heterocycles. The van der Waals surface area contributed by atoms with Crippen LogP contribution < -0.4 is 0 Å². The molecule has 0 fully saturated rings. The Bertz CT molecular complexity index is 266. The summed E-state index contributed by atoms with van der Waals surface area (Å²) in [6.07, 6.45) is -0.0278. The largest absolute Gasteiger partial charge is 0.460 e. The van der Waals surface area contributed by atoms with Crippen LogP contribution in [0.15, 0.2) is 0 Å². The highest BCUT2D eigenvalue weighted by molar-refractivity contribution is 6.17. The van der Waals surface area contributed by atoms with E-state index in [0.717, 1.165) is 0 Å². The summed E-state index contributed by atoms with van der Waals surface area (Å²) >= 11 is 5.29. The van der Waals surface area contributed by atoms with E-state index >= 15 is 0 Å². The summed E-state index contributed by atoms with van der Waals surface area (Å²) in [5.74, 6) is -0.933. The molecule has 4 nitrogen and oxygen atoms in total. The molecular weight excluding hydrogens is 232 g/mol. The fraction of sp³-hybridized carbons (Fsp3) is 0.818. The molecular formula is C11H19ClO4. The molecule has 5 heteroatoms. The van der Waals surface area contributed by atoms with E-state index in [9.17, 15) is 9.59 Å². The Morgan fingerprint density at radius 1 is 1.12 bits per heavy atom. The van der Waals surface area contributed by atoms with Crippen LogP contribution in [0.5, 0.6) is 0 Å². The van der Waals surface area contributed by atoms with Gasteiger partial charge in [-0.15, -0.1) is 0 Å². The summed E-state index contributed by atoms with van der Waals surface area (Å²) in [6.45, 7) is 8.55. The van der Waals surface area contributed by atoms with Crippen molar-refractivity contribution in [1.82, 2.24) is 0 Å². The smallest absolute Gasteiger partial charge is 0.313 e. The van der Waals surface area contributed by atoms with Crippen molar-refractivity contribution in [3.8, 4) is 0 Å². The third kappa shape index (κ3) is 5.95. The number of rotatable bonds is 4. The SMILES string of the molecule is CC(C)(C)OC(=O)CC(C)(C)C(=O)OCCl. The Morgan fingerprint density at radius 2 is 1.62 bits per heavy atom. The molecule has 16 heavy (non-hydrogen) atoms. The number of carbonyl (C=O) groups is 2. The van der Waals surface area contributed by atoms with Crippen LogP contribution >= 0.6 is 11.6 Å². The molecule has 0 bridgehead atoms. The third-order valence-electron chi connectivity index (χ3n) is 1.74. The highest BCUT2D eigenvalue weighted by Gasteiger charge is 2.34. The predicted molar refractivity (Wildman–Crippen MR) is 61.1 cm³/mol. The molecule has 0 spiro atoms. The first kappa shape index (κ1) is 15.2. The average molecular weight is 251 g/mol. The Hall–Kier alpha value is -0.770. The van der Waals surface area contributed by atoms with Crippen LogP contribution in [-0.4, -0.2) is 23.6 Å². The van der Waals surface area contributed by atoms with Crippen LogP contribution in [0.4, 0.5) is 0 Å². The lowest BCUT2D eigenvalue weighted by molar-refractivity contribution is -0.165. The van der Waals surface area contributed by atoms with E-state index in [-0.39, 0.29) is 12.5 Å². The summed E-state index contributed by atoms with van der Waals surface area (Å²) in [4.78, 5) is 23.0. The van der Waals surface area contributed by atoms with E-state index in [2.05, 4.69) is 4.74 Å². The molecule has 0 amide bonds. The normalized spacial score (nSPS) is 12.1. The minimum Gasteiger partial charge on any atom is -0.460 e. The Kier molecular flexibility index (Phi) is 5.26. The van der Waals surface area contributed by atoms with Crippen molar-refractivity contribution < 1.29 is 19.1 Å². The van der Waals surface area contributed by atoms with Gasteiger partial charge in [0.05, 0.1) is 11.8 Å². The van der Waals surface area contributed by atoms with Crippen molar-refractivity contribution >= 4 is 23.5 Å². The lowest BCUT2D eigenvalue weighted by atomic mass is 9.89. The molecule has 0 radical (unpaired) electrons. The first-order valence-electron chi connectivity index (χ1n) is 5.03. The maximum Gasteiger partial charge on any atom is 0.313 e. The van der Waals surface area contributed by atoms with Gasteiger partial charge in [0.25, 0.3) is 0 Å². The molecule has 0 rings (SSSR count). The highest BCUT2D eigenvalue weighted by Crippen LogP contribution is 2.24. The van der Waals surface area contributed by atoms with E-state index in [1.807, 2.05) is 0 Å². The van der Waals surface area contributed by atoms with E-state index in [4.69, 9.17) is 16.3 Å². The number of hydrogen-bond donors (Lipinski definition) is 0. The third-order valence-corrected chi connectivity index (χ3v) is 1.85. The van der Waals surface area contributed by atoms with Crippen molar-refractivity contribution in [3.05, 3.63) is 0 Å². The number of ether oxygens (including phenoxy) is 2. The zero-order valence-electron chi connectivity index (χ0n) is 10.4. The van der Waals surface area contributed by atoms with Gasteiger partial charge in [0.1, 0.15) is 5.60 Å². The predicted octanol–water partition coefficient (Wildman–Crippen LogP) is 2.48. The number of alkyl halides is 1. The number of halogens is 1. The maximum absolute atomic E-state index is 11.5. The van der Waals surface area contributed by atoms with Gasteiger partial charge in [-0.1, -0.05) is 11.6 Å². The second kappa shape index (κ2) is 5.53. The summed E-state index contributed by atoms with van der Waals surface area (Å²) in [5, 5.41) is 0. The average Bonchev–Trinajstić information content (AvgIpc) is 1.99. The highest BCUT2D eigenvalue weighted by atomic mass is 35.5. The van der Waals surface area contributed by atoms with Crippen LogP contribution in [0.2, 0.25) is 0 Å². The number of carbonyl (C=O) groups excluding carboxylic acids is 2. The summed E-state index contributed by atoms with van der Waals surface area (Å²) in [6, 6.07) is -0.212. The first-order chi connectivity index (χ1) is 7.08. The Balaban J connectivity index is 4.36. The topological polar surface area (TPSA) is 52.6 Å². The molecule has 0 heterocycles. The van der Waals surface area contributed by atoms with Crippen molar-refractivity contribution in [1.29, 1.82) is 0 Å². The lowest BCUT2D eigenvalue weighted by Gasteiger charge is -2.24. The monoisotopic (exact) mass is 250 g/mol. The second-order valence-electron chi connectivity index (χ2n) is 5.19. The van der Waals surface area contributed by atoms with Gasteiger partial charge in [0.15, 0.2) is 6.07 Å². The van der Waals surface area contributed by atoms with Gasteiger partial charge < -0.3 is 9.47 Å². The van der Waals surface area contributed by atoms with E-state index < -0.39 is 23.0 Å². The van der Waals surface area contributed by atoms with Gasteiger partial charge in [-0.3, -0.25) is 9.59 Å². The van der Waals surface area contributed by atoms with Crippen LogP contribution in [0, 0.1) is 5.41 Å². The van der Waals surface area contributed by atoms with Gasteiger partial charge in [0, 0.05) is 0 Å². The van der Waals surface area contributed by atoms with Crippen LogP contribution in [-0.2, 0) is 19.1 Å². The molecule has 0 aromatic rings. The van der Waals surface area contributed by atoms with Crippen LogP contribution in [0.3, 0.4) is 0 Å². The summed E-state index contributed by atoms with van der Waals surface area (Å²) in [7, 11) is 0. The van der Waals surface area contributed by atoms with E-state index in [1.54, 1.807) is 34.6 Å². The number of esters is 2. The summed E-state index contributed by atoms with van der Waals surface area (Å²) < 4.78 is 9.78. The Morgan fingerprint density at radius 3 is 2.00 bits per heavy atom. The maximum atomic E-state index is 11.5. The molecule has 0 aromatic carbocycles. The van der Waals surface area contributed by atoms with Crippen molar-refractivity contribution in [2.24, 2.45) is 5.41 Å². The van der Waals surface area contributed by atoms with Crippen molar-refractivity contribution in [2.75, 3.05) is 6.07 Å². The molecule has 0 aliphatic carbocycles. The summed E-state index contributed by atoms with van der Waals surface area (Å²) in [5.41, 5.74) is -1.47. The van der Waals surface area contributed by atoms with Crippen LogP contribution in [0.1, 0.15) is 41.0 Å². The van der Waals surface area contributed by atoms with Crippen LogP contribution in [0.25, 0.3) is 0 Å². The molecule has 0 atom stereocenters. The van der Waals surface area contributed by atoms with E-state index in [1.165, 1.54) is 0 Å². The van der Waals surface area contributed by atoms with Gasteiger partial charge in [-0.05, 0) is 34.6 Å². The van der Waals surface area contributed by atoms with Gasteiger partial charge in [-0.25, -0.2) is 0 Å². The second-order valence-corrected chi connectivity index (χ2v) is 5.41. The van der Waals surface area contributed by atoms with Crippen molar-refractivity contribution in [2.45, 2.75) is 46.6 Å². The fourth-order valence-electron chi connectivity index (χ4n) is 1.06. The molecule has 0 saturated carbocycles. The standard InChI is InChI=1S/C11H19ClO4/c1-10(2,3)16-8(13)6-11(4,5)9(14)15-7-12/h6-7H2,1-5H3. The Labute approximate surface area is 101 Å². The first-order valence-corrected chi connectivity index (χ1v) is 5.57. The van der Waals surface area contributed by atoms with Gasteiger partial charge in [-0.2, -0.15) is 0 Å². The van der Waals surface area contributed by atoms with Crippen molar-refractivity contribution in [3.63, 3.8) is 0 Å². The number of hydrogen-bond acceptors (Lipinski definition) is 4. The minimum atomic E-state index is -0.919. The zero-order valence-corrected chi connectivity index (χ0v) is 11.2. The van der Waals surface area contributed by atoms with Gasteiger partial charge >= 0.3 is 11.9 Å². The van der Waals surface area contributed by atoms with E-state index in [0.29, 0.717) is 0 Å². The molecule has 0 unspecified atom stereocenters. The lowest BCUT2D eigenvalue weighted by Crippen LogP contribution is -2.32. The zero-order chi connectivity index (χ0) is 13.0. The minimum absolute atomic E-state index is 0.0278. The van der Waals surface area contributed by atoms with Gasteiger partial charge in [0.2, 0.25) is 0 Å². The fourth-order valence-corrected chi connectivity index (χ4v) is 1.15. The molecule has 0 aromatic heterocycles.